The highest BCUT2D eigenvalue weighted by atomic mass is 16.5. The van der Waals surface area contributed by atoms with Crippen LogP contribution in [0.3, 0.4) is 0 Å². The maximum atomic E-state index is 14.4. The van der Waals surface area contributed by atoms with E-state index in [-0.39, 0.29) is 36.7 Å². The van der Waals surface area contributed by atoms with Crippen molar-refractivity contribution < 1.29 is 28.7 Å². The Hall–Kier alpha value is -5.65. The molecule has 1 aromatic heterocycles. The summed E-state index contributed by atoms with van der Waals surface area (Å²) in [7, 11) is 0. The van der Waals surface area contributed by atoms with E-state index in [2.05, 4.69) is 16.7 Å². The Morgan fingerprint density at radius 3 is 2.57 bits per heavy atom. The molecular formula is C41H40N6O6. The third kappa shape index (κ3) is 4.44. The zero-order valence-corrected chi connectivity index (χ0v) is 29.4. The summed E-state index contributed by atoms with van der Waals surface area (Å²) in [6.07, 6.45) is 4.08. The standard InChI is InChI=1S/C41H40N6O6/c1-40-16-8-18-46(40)36(50)33-21-41(28-11-5-6-12-29(28)43-37(41)47(33)38(40)51)26-14-15-27-25(19-30-35(49)44-17-7-13-31(44)34(48)42-30)22-45(32(27)20-26)39(52)53-23-24-9-3-2-4-10-24/h2-6,9-12,14-15,20,22,30-31,33,37,43H,7-8,13,16-19,21,23H2,1H3,(H,42,48)/t30-,31-,33-,37+,40+,41-/m1/s1. The number of para-hydroxylation sites is 1. The summed E-state index contributed by atoms with van der Waals surface area (Å²) >= 11 is 0. The lowest BCUT2D eigenvalue weighted by Crippen LogP contribution is -2.68. The first-order chi connectivity index (χ1) is 25.7. The van der Waals surface area contributed by atoms with Gasteiger partial charge in [0.05, 0.1) is 10.9 Å². The number of carbonyl (C=O) groups is 5. The molecule has 12 heteroatoms. The lowest BCUT2D eigenvalue weighted by atomic mass is 9.72. The fraction of sp³-hybridized carbons (Fsp3) is 0.390. The minimum absolute atomic E-state index is 0.0201. The van der Waals surface area contributed by atoms with E-state index in [0.29, 0.717) is 37.9 Å². The van der Waals surface area contributed by atoms with Gasteiger partial charge in [-0.25, -0.2) is 4.79 Å². The van der Waals surface area contributed by atoms with E-state index in [1.54, 1.807) is 20.9 Å². The van der Waals surface area contributed by atoms with Crippen LogP contribution in [-0.4, -0.2) is 91.9 Å². The van der Waals surface area contributed by atoms with Crippen LogP contribution in [0.2, 0.25) is 0 Å². The van der Waals surface area contributed by atoms with Gasteiger partial charge >= 0.3 is 6.09 Å². The number of ether oxygens (including phenoxy) is 1. The van der Waals surface area contributed by atoms with Gasteiger partial charge in [-0.2, -0.15) is 0 Å². The van der Waals surface area contributed by atoms with Crippen LogP contribution < -0.4 is 10.6 Å². The summed E-state index contributed by atoms with van der Waals surface area (Å²) in [5.41, 5.74) is 3.23. The number of rotatable bonds is 5. The zero-order valence-electron chi connectivity index (χ0n) is 29.4. The summed E-state index contributed by atoms with van der Waals surface area (Å²) in [5.74, 6) is -0.317. The minimum Gasteiger partial charge on any atom is -0.444 e. The molecule has 270 valence electrons. The smallest absolute Gasteiger partial charge is 0.418 e. The van der Waals surface area contributed by atoms with Crippen LogP contribution in [0.5, 0.6) is 0 Å². The van der Waals surface area contributed by atoms with Crippen molar-refractivity contribution in [3.63, 3.8) is 0 Å². The van der Waals surface area contributed by atoms with Crippen molar-refractivity contribution in [2.75, 3.05) is 18.4 Å². The van der Waals surface area contributed by atoms with Crippen LogP contribution in [0.1, 0.15) is 61.3 Å². The van der Waals surface area contributed by atoms with E-state index in [4.69, 9.17) is 4.74 Å². The van der Waals surface area contributed by atoms with Crippen LogP contribution >= 0.6 is 0 Å². The van der Waals surface area contributed by atoms with E-state index in [1.165, 1.54) is 4.57 Å². The predicted octanol–water partition coefficient (Wildman–Crippen LogP) is 3.89. The SMILES string of the molecule is C[C@@]12CCCN1C(=O)[C@H]1C[C@@]3(c4ccc5c(C[C@H]6NC(=O)[C@H]7CCCN7C6=O)cn(C(=O)OCc6ccccc6)c5c4)c4ccccc4N[C@H]3N1C2=O. The molecule has 0 bridgehead atoms. The van der Waals surface area contributed by atoms with Gasteiger partial charge in [-0.05, 0) is 73.4 Å². The van der Waals surface area contributed by atoms with Gasteiger partial charge < -0.3 is 30.1 Å². The normalized spacial score (nSPS) is 29.8. The highest BCUT2D eigenvalue weighted by molar-refractivity contribution is 6.02. The number of amides is 4. The topological polar surface area (TPSA) is 133 Å². The molecule has 0 radical (unpaired) electrons. The largest absolute Gasteiger partial charge is 0.444 e. The molecule has 0 aliphatic carbocycles. The van der Waals surface area contributed by atoms with Crippen LogP contribution in [0, 0.1) is 0 Å². The molecule has 6 atom stereocenters. The molecule has 2 N–H and O–H groups in total. The number of fused-ring (bicyclic) bond motifs is 8. The second-order valence-electron chi connectivity index (χ2n) is 15.6. The number of anilines is 1. The monoisotopic (exact) mass is 712 g/mol. The summed E-state index contributed by atoms with van der Waals surface area (Å²) in [5, 5.41) is 7.35. The van der Waals surface area contributed by atoms with Crippen molar-refractivity contribution in [1.82, 2.24) is 24.6 Å². The predicted molar refractivity (Wildman–Crippen MR) is 194 cm³/mol. The molecule has 6 aliphatic rings. The molecule has 7 heterocycles. The van der Waals surface area contributed by atoms with Crippen LogP contribution in [0.15, 0.2) is 79.0 Å². The minimum atomic E-state index is -0.878. The fourth-order valence-corrected chi connectivity index (χ4v) is 10.3. The highest BCUT2D eigenvalue weighted by Gasteiger charge is 2.67. The van der Waals surface area contributed by atoms with Gasteiger partial charge in [0.2, 0.25) is 17.7 Å². The Bertz CT molecular complexity index is 2250. The summed E-state index contributed by atoms with van der Waals surface area (Å²) in [6, 6.07) is 21.6. The highest BCUT2D eigenvalue weighted by Crippen LogP contribution is 2.57. The molecular weight excluding hydrogens is 672 g/mol. The molecule has 5 fully saturated rings. The molecule has 4 amide bonds. The van der Waals surface area contributed by atoms with E-state index in [1.807, 2.05) is 73.7 Å². The lowest BCUT2D eigenvalue weighted by Gasteiger charge is -2.47. The molecule has 0 spiro atoms. The summed E-state index contributed by atoms with van der Waals surface area (Å²) in [6.45, 7) is 3.09. The van der Waals surface area contributed by atoms with Gasteiger partial charge in [0.1, 0.15) is 36.4 Å². The number of hydrogen-bond acceptors (Lipinski definition) is 7. The summed E-state index contributed by atoms with van der Waals surface area (Å²) < 4.78 is 7.34. The average molecular weight is 713 g/mol. The first-order valence-electron chi connectivity index (χ1n) is 18.7. The van der Waals surface area contributed by atoms with Crippen molar-refractivity contribution in [3.05, 3.63) is 101 Å². The van der Waals surface area contributed by atoms with Gasteiger partial charge in [-0.1, -0.05) is 60.7 Å². The molecule has 10 rings (SSSR count). The van der Waals surface area contributed by atoms with Crippen molar-refractivity contribution in [3.8, 4) is 0 Å². The second kappa shape index (κ2) is 11.4. The molecule has 0 unspecified atom stereocenters. The van der Waals surface area contributed by atoms with Crippen molar-refractivity contribution in [1.29, 1.82) is 0 Å². The maximum absolute atomic E-state index is 14.4. The van der Waals surface area contributed by atoms with Gasteiger partial charge in [0.25, 0.3) is 5.91 Å². The zero-order chi connectivity index (χ0) is 36.2. The first-order valence-corrected chi connectivity index (χ1v) is 18.7. The average Bonchev–Trinajstić information content (AvgIpc) is 4.00. The number of piperazine rings is 2. The van der Waals surface area contributed by atoms with Crippen LogP contribution in [0.25, 0.3) is 10.9 Å². The van der Waals surface area contributed by atoms with E-state index < -0.39 is 41.3 Å². The lowest BCUT2D eigenvalue weighted by molar-refractivity contribution is -0.165. The fourth-order valence-electron chi connectivity index (χ4n) is 10.3. The Labute approximate surface area is 306 Å². The van der Waals surface area contributed by atoms with Gasteiger partial charge in [0, 0.05) is 36.8 Å². The number of nitrogens with one attached hydrogen (secondary N) is 2. The van der Waals surface area contributed by atoms with Crippen molar-refractivity contribution >= 4 is 46.3 Å². The number of benzene rings is 3. The van der Waals surface area contributed by atoms with Crippen molar-refractivity contribution in [2.45, 2.75) is 87.3 Å². The van der Waals surface area contributed by atoms with E-state index in [0.717, 1.165) is 46.2 Å². The number of carbonyl (C=O) groups excluding carboxylic acids is 5. The Kier molecular flexibility index (Phi) is 6.90. The Balaban J connectivity index is 1.09. The Morgan fingerprint density at radius 2 is 1.72 bits per heavy atom. The maximum Gasteiger partial charge on any atom is 0.418 e. The first kappa shape index (κ1) is 32.0. The molecule has 5 saturated heterocycles. The van der Waals surface area contributed by atoms with Crippen LogP contribution in [0.4, 0.5) is 10.5 Å². The van der Waals surface area contributed by atoms with E-state index >= 15 is 0 Å². The van der Waals surface area contributed by atoms with Crippen LogP contribution in [-0.2, 0) is 42.4 Å². The second-order valence-corrected chi connectivity index (χ2v) is 15.6. The number of hydrogen-bond donors (Lipinski definition) is 2. The molecule has 0 saturated carbocycles. The van der Waals surface area contributed by atoms with Gasteiger partial charge in [0.15, 0.2) is 0 Å². The summed E-state index contributed by atoms with van der Waals surface area (Å²) in [4.78, 5) is 74.5. The quantitative estimate of drug-likeness (QED) is 0.321. The third-order valence-corrected chi connectivity index (χ3v) is 12.9. The molecule has 12 nitrogen and oxygen atoms in total. The van der Waals surface area contributed by atoms with E-state index in [9.17, 15) is 24.0 Å². The molecule has 4 aromatic rings. The number of aromatic nitrogens is 1. The molecule has 3 aromatic carbocycles. The number of nitrogens with zero attached hydrogens (tertiary/aromatic N) is 4. The Morgan fingerprint density at radius 1 is 0.906 bits per heavy atom. The van der Waals surface area contributed by atoms with Crippen molar-refractivity contribution in [2.24, 2.45) is 0 Å². The molecule has 6 aliphatic heterocycles. The third-order valence-electron chi connectivity index (χ3n) is 12.9. The van der Waals surface area contributed by atoms with Gasteiger partial charge in [-0.3, -0.25) is 23.7 Å². The van der Waals surface area contributed by atoms with Gasteiger partial charge in [-0.15, -0.1) is 0 Å². The molecule has 53 heavy (non-hydrogen) atoms.